The maximum atomic E-state index is 11.0. The lowest BCUT2D eigenvalue weighted by Gasteiger charge is -2.19. The number of carbonyl (C=O) groups is 1. The van der Waals surface area contributed by atoms with E-state index in [1.54, 1.807) is 0 Å². The van der Waals surface area contributed by atoms with Crippen molar-refractivity contribution in [3.05, 3.63) is 159 Å². The van der Waals surface area contributed by atoms with Crippen LogP contribution in [0.2, 0.25) is 5.15 Å². The Labute approximate surface area is 515 Å². The van der Waals surface area contributed by atoms with Crippen LogP contribution in [0.5, 0.6) is 0 Å². The molecule has 2 aliphatic carbocycles. The number of benzene rings is 4. The molecule has 6 aromatic rings. The number of carbonyl (C=O) groups excluding carboxylic acids is 5. The van der Waals surface area contributed by atoms with Gasteiger partial charge in [-0.2, -0.15) is 19.2 Å². The highest BCUT2D eigenvalue weighted by Gasteiger charge is 2.26. The van der Waals surface area contributed by atoms with Crippen molar-refractivity contribution in [3.8, 4) is 22.3 Å². The highest BCUT2D eigenvalue weighted by atomic mass is 35.5. The van der Waals surface area contributed by atoms with E-state index in [9.17, 15) is 4.79 Å². The molecule has 0 radical (unpaired) electrons. The number of amides is 1. The number of rotatable bonds is 27. The number of alkyl halides is 1. The van der Waals surface area contributed by atoms with E-state index in [2.05, 4.69) is 114 Å². The summed E-state index contributed by atoms with van der Waals surface area (Å²) in [5.74, 6) is 3.12. The quantitative estimate of drug-likeness (QED) is 0.0184. The number of nitrogens with zero attached hydrogens (tertiary/aromatic N) is 5. The van der Waals surface area contributed by atoms with Crippen LogP contribution in [0.25, 0.3) is 22.3 Å². The largest absolute Gasteiger partial charge is 0.444 e. The molecule has 2 heterocycles. The average molecular weight is 1230 g/mol. The number of alkyl carbamates (subject to hydrolysis) is 1. The number of aliphatic hydroxyl groups is 2. The zero-order valence-corrected chi connectivity index (χ0v) is 51.9. The van der Waals surface area contributed by atoms with E-state index < -0.39 is 5.60 Å². The third-order valence-electron chi connectivity index (χ3n) is 12.3. The monoisotopic (exact) mass is 1230 g/mol. The van der Waals surface area contributed by atoms with Gasteiger partial charge in [-0.05, 0) is 101 Å². The van der Waals surface area contributed by atoms with E-state index in [-0.39, 0.29) is 31.6 Å². The SMILES string of the molecule is CC(C)(C)OC(=O)NCCCN.Cc1ccc2c(c1)Cc1nc(Cc3ccccc3)nc(Cl)c1-2.Cc1ccc2c(c1)Cc1nc(Cc3ccccc3)nc(NCCCN(C)CCOCCOCCO)c1-2.O=C=O.O=C=O.OCCOCCOCCCl. The topological polar surface area (TPSA) is 277 Å². The highest BCUT2D eigenvalue weighted by molar-refractivity contribution is 6.32. The molecule has 2 aromatic heterocycles. The maximum Gasteiger partial charge on any atom is 0.407 e. The molecule has 2 aliphatic rings. The molecule has 0 bridgehead atoms. The van der Waals surface area contributed by atoms with Crippen LogP contribution < -0.4 is 16.4 Å². The molecule has 86 heavy (non-hydrogen) atoms. The first-order chi connectivity index (χ1) is 41.5. The third-order valence-corrected chi connectivity index (χ3v) is 12.7. The molecule has 0 aliphatic heterocycles. The van der Waals surface area contributed by atoms with Crippen molar-refractivity contribution >= 4 is 47.4 Å². The molecule has 0 fully saturated rings. The third kappa shape index (κ3) is 29.0. The van der Waals surface area contributed by atoms with E-state index in [1.807, 2.05) is 45.0 Å². The van der Waals surface area contributed by atoms with Crippen LogP contribution >= 0.6 is 23.2 Å². The first-order valence-electron chi connectivity index (χ1n) is 28.4. The number of likely N-dealkylation sites (N-methyl/N-ethyl adjacent to an activating group) is 1. The summed E-state index contributed by atoms with van der Waals surface area (Å²) in [6.45, 7) is 17.8. The summed E-state index contributed by atoms with van der Waals surface area (Å²) in [4.78, 5) is 65.0. The lowest BCUT2D eigenvalue weighted by molar-refractivity contribution is -0.193. The molecule has 0 saturated carbocycles. The first kappa shape index (κ1) is 73.4. The maximum absolute atomic E-state index is 11.0. The van der Waals surface area contributed by atoms with Gasteiger partial charge in [0.05, 0.1) is 77.5 Å². The fourth-order valence-electron chi connectivity index (χ4n) is 8.64. The van der Waals surface area contributed by atoms with Crippen LogP contribution in [0.15, 0.2) is 97.1 Å². The average Bonchev–Trinajstić information content (AvgIpc) is 4.16. The van der Waals surface area contributed by atoms with Gasteiger partial charge in [-0.15, -0.1) is 11.6 Å². The Morgan fingerprint density at radius 2 is 1.12 bits per heavy atom. The van der Waals surface area contributed by atoms with Crippen LogP contribution in [0, 0.1) is 13.8 Å². The summed E-state index contributed by atoms with van der Waals surface area (Å²) in [6, 6.07) is 33.8. The fourth-order valence-corrected chi connectivity index (χ4v) is 9.06. The predicted octanol–water partition coefficient (Wildman–Crippen LogP) is 8.25. The number of aliphatic hydroxyl groups excluding tert-OH is 2. The smallest absolute Gasteiger partial charge is 0.407 e. The van der Waals surface area contributed by atoms with E-state index in [4.69, 9.17) is 97.0 Å². The molecule has 0 atom stereocenters. The second-order valence-electron chi connectivity index (χ2n) is 20.5. The van der Waals surface area contributed by atoms with E-state index in [0.717, 1.165) is 91.7 Å². The van der Waals surface area contributed by atoms with Gasteiger partial charge in [0, 0.05) is 62.3 Å². The van der Waals surface area contributed by atoms with Crippen LogP contribution in [-0.2, 0) is 68.5 Å². The molecule has 0 spiro atoms. The molecule has 0 unspecified atom stereocenters. The van der Waals surface area contributed by atoms with Gasteiger partial charge in [0.15, 0.2) is 0 Å². The van der Waals surface area contributed by atoms with Crippen molar-refractivity contribution < 1.29 is 57.9 Å². The van der Waals surface area contributed by atoms with Crippen molar-refractivity contribution in [1.82, 2.24) is 30.2 Å². The molecule has 22 heteroatoms. The normalized spacial score (nSPS) is 11.1. The second kappa shape index (κ2) is 42.9. The Morgan fingerprint density at radius 1 is 0.640 bits per heavy atom. The first-order valence-corrected chi connectivity index (χ1v) is 29.3. The molecule has 6 N–H and O–H groups in total. The molecule has 0 saturated heterocycles. The Hall–Kier alpha value is -6.87. The lowest BCUT2D eigenvalue weighted by Crippen LogP contribution is -2.33. The molecule has 8 rings (SSSR count). The summed E-state index contributed by atoms with van der Waals surface area (Å²) in [5, 5.41) is 23.8. The number of nitrogens with one attached hydrogen (secondary N) is 2. The van der Waals surface area contributed by atoms with Gasteiger partial charge in [-0.1, -0.05) is 120 Å². The number of nitrogens with two attached hydrogens (primary N) is 1. The zero-order valence-electron chi connectivity index (χ0n) is 50.3. The summed E-state index contributed by atoms with van der Waals surface area (Å²) < 4.78 is 25.7. The van der Waals surface area contributed by atoms with Gasteiger partial charge < -0.3 is 55.2 Å². The van der Waals surface area contributed by atoms with E-state index in [1.165, 1.54) is 44.5 Å². The van der Waals surface area contributed by atoms with Crippen molar-refractivity contribution in [1.29, 1.82) is 0 Å². The van der Waals surface area contributed by atoms with Crippen molar-refractivity contribution in [2.75, 3.05) is 117 Å². The Morgan fingerprint density at radius 3 is 1.60 bits per heavy atom. The summed E-state index contributed by atoms with van der Waals surface area (Å²) in [7, 11) is 2.12. The van der Waals surface area contributed by atoms with Gasteiger partial charge in [0.25, 0.3) is 0 Å². The molecular weight excluding hydrogens is 1140 g/mol. The van der Waals surface area contributed by atoms with Crippen molar-refractivity contribution in [2.45, 2.75) is 78.7 Å². The van der Waals surface area contributed by atoms with Crippen molar-refractivity contribution in [2.24, 2.45) is 5.73 Å². The Balaban J connectivity index is 0.000000327. The molecule has 20 nitrogen and oxygen atoms in total. The number of ether oxygens (including phenoxy) is 5. The molecule has 1 amide bonds. The number of anilines is 1. The highest BCUT2D eigenvalue weighted by Crippen LogP contribution is 2.41. The van der Waals surface area contributed by atoms with E-state index in [0.29, 0.717) is 83.4 Å². The summed E-state index contributed by atoms with van der Waals surface area (Å²) in [5.41, 5.74) is 19.2. The minimum absolute atomic E-state index is 0.0507. The molecule has 4 aromatic carbocycles. The van der Waals surface area contributed by atoms with Crippen molar-refractivity contribution in [3.63, 3.8) is 0 Å². The number of aryl methyl sites for hydroxylation is 2. The number of aromatic nitrogens is 4. The standard InChI is InChI=1S/C29H38N4O3.C19H15ClN2.C8H18N2O2.C6H13ClO3.2CO2/c1-22-9-10-25-24(19-22)21-26-28(25)29(32-27(31-26)20-23-7-4-3-5-8-23)30-11-6-12-33(2)13-15-35-17-18-36-16-14-34;1-12-7-8-15-14(9-12)11-16-18(15)19(20)22-17(21-16)10-13-5-3-2-4-6-13;1-8(2,3)12-7(11)10-6-4-5-9;7-1-3-9-5-6-10-4-2-8;2*2-1-3/h3-5,7-10,19,34H,6,11-18,20-21H2,1-2H3,(H,30,31,32);2-9H,10-11H2,1H3;4-6,9H2,1-3H3,(H,10,11);8H,1-6H2;;. The Kier molecular flexibility index (Phi) is 36.6. The van der Waals surface area contributed by atoms with Crippen LogP contribution in [0.1, 0.15) is 90.0 Å². The van der Waals surface area contributed by atoms with Gasteiger partial charge in [-0.25, -0.2) is 24.7 Å². The van der Waals surface area contributed by atoms with Gasteiger partial charge in [0.1, 0.15) is 28.2 Å². The minimum atomic E-state index is -0.424. The minimum Gasteiger partial charge on any atom is -0.444 e. The fraction of sp³-hybridized carbons (Fsp3) is 0.453. The van der Waals surface area contributed by atoms with Crippen LogP contribution in [0.4, 0.5) is 10.6 Å². The number of hydrogen-bond acceptors (Lipinski definition) is 19. The van der Waals surface area contributed by atoms with Crippen LogP contribution in [0.3, 0.4) is 0 Å². The molecular formula is C64H84Cl2N8O12. The number of halogens is 2. The summed E-state index contributed by atoms with van der Waals surface area (Å²) in [6.07, 6.45) is 5.05. The second-order valence-corrected chi connectivity index (χ2v) is 21.2. The molecule has 466 valence electrons. The number of fused-ring (bicyclic) bond motifs is 6. The van der Waals surface area contributed by atoms with Gasteiger partial charge in [-0.3, -0.25) is 0 Å². The van der Waals surface area contributed by atoms with Gasteiger partial charge in [0.2, 0.25) is 0 Å². The lowest BCUT2D eigenvalue weighted by atomic mass is 10.0. The summed E-state index contributed by atoms with van der Waals surface area (Å²) >= 11 is 11.8. The number of hydrogen-bond donors (Lipinski definition) is 5. The van der Waals surface area contributed by atoms with Crippen LogP contribution in [-0.4, -0.2) is 171 Å². The Bertz CT molecular complexity index is 2940. The van der Waals surface area contributed by atoms with Gasteiger partial charge >= 0.3 is 18.4 Å². The predicted molar refractivity (Wildman–Crippen MR) is 330 cm³/mol. The zero-order chi connectivity index (χ0) is 63.0. The van der Waals surface area contributed by atoms with E-state index >= 15 is 0 Å².